The predicted octanol–water partition coefficient (Wildman–Crippen LogP) is 1.25. The molecule has 1 aromatic rings. The summed E-state index contributed by atoms with van der Waals surface area (Å²) in [6, 6.07) is 0.323. The number of sulfonamides is 1. The van der Waals surface area contributed by atoms with Crippen LogP contribution in [0.3, 0.4) is 0 Å². The Kier molecular flexibility index (Phi) is 4.83. The smallest absolute Gasteiger partial charge is 0.248 e. The van der Waals surface area contributed by atoms with E-state index in [1.165, 1.54) is 0 Å². The zero-order valence-corrected chi connectivity index (χ0v) is 11.3. The van der Waals surface area contributed by atoms with Gasteiger partial charge in [0.05, 0.1) is 0 Å². The first kappa shape index (κ1) is 16.2. The summed E-state index contributed by atoms with van der Waals surface area (Å²) in [5.41, 5.74) is 5.55. The maximum Gasteiger partial charge on any atom is 0.248 e. The molecule has 1 heterocycles. The molecule has 2 rings (SSSR count). The van der Waals surface area contributed by atoms with Crippen molar-refractivity contribution in [1.29, 1.82) is 0 Å². The van der Waals surface area contributed by atoms with Gasteiger partial charge in [0.2, 0.25) is 10.0 Å². The highest BCUT2D eigenvalue weighted by Crippen LogP contribution is 2.26. The number of hydrogen-bond donors (Lipinski definition) is 1. The van der Waals surface area contributed by atoms with E-state index in [-0.39, 0.29) is 31.5 Å². The first-order valence-corrected chi connectivity index (χ1v) is 6.66. The summed E-state index contributed by atoms with van der Waals surface area (Å²) in [4.78, 5) is -1.13. The van der Waals surface area contributed by atoms with Crippen molar-refractivity contribution in [3.8, 4) is 0 Å². The van der Waals surface area contributed by atoms with Crippen molar-refractivity contribution in [2.45, 2.75) is 17.4 Å². The van der Waals surface area contributed by atoms with Gasteiger partial charge in [-0.25, -0.2) is 21.6 Å². The zero-order valence-electron chi connectivity index (χ0n) is 9.64. The molecule has 9 heteroatoms. The molecule has 0 aromatic heterocycles. The molecule has 0 radical (unpaired) electrons. The third-order valence-electron chi connectivity index (χ3n) is 2.75. The van der Waals surface area contributed by atoms with Crippen molar-refractivity contribution >= 4 is 22.4 Å². The third kappa shape index (κ3) is 3.02. The average Bonchev–Trinajstić information content (AvgIpc) is 2.63. The second kappa shape index (κ2) is 5.66. The predicted molar refractivity (Wildman–Crippen MR) is 64.9 cm³/mol. The van der Waals surface area contributed by atoms with E-state index in [0.29, 0.717) is 18.6 Å². The van der Waals surface area contributed by atoms with Gasteiger partial charge < -0.3 is 5.73 Å². The summed E-state index contributed by atoms with van der Waals surface area (Å²) in [7, 11) is -4.31. The highest BCUT2D eigenvalue weighted by Gasteiger charge is 2.35. The molecule has 2 N–H and O–H groups in total. The van der Waals surface area contributed by atoms with E-state index in [9.17, 15) is 21.6 Å². The van der Waals surface area contributed by atoms with E-state index in [2.05, 4.69) is 0 Å². The lowest BCUT2D eigenvalue weighted by Crippen LogP contribution is -2.33. The Morgan fingerprint density at radius 2 is 1.74 bits per heavy atom. The van der Waals surface area contributed by atoms with Gasteiger partial charge in [-0.05, 0) is 6.42 Å². The van der Waals surface area contributed by atoms with Crippen molar-refractivity contribution in [1.82, 2.24) is 4.31 Å². The first-order chi connectivity index (χ1) is 8.32. The SMILES string of the molecule is Cl.N[C@H]1CCN(S(=O)(=O)c2c(F)cc(F)cc2F)C1. The first-order valence-electron chi connectivity index (χ1n) is 5.22. The Balaban J connectivity index is 0.00000180. The molecule has 0 aliphatic carbocycles. The van der Waals surface area contributed by atoms with Crippen LogP contribution in [0.25, 0.3) is 0 Å². The minimum absolute atomic E-state index is 0. The number of nitrogens with zero attached hydrogens (tertiary/aromatic N) is 1. The highest BCUT2D eigenvalue weighted by atomic mass is 35.5. The van der Waals surface area contributed by atoms with Crippen molar-refractivity contribution < 1.29 is 21.6 Å². The van der Waals surface area contributed by atoms with Crippen molar-refractivity contribution in [2.75, 3.05) is 13.1 Å². The molecule has 0 amide bonds. The van der Waals surface area contributed by atoms with Crippen LogP contribution in [0.15, 0.2) is 17.0 Å². The quantitative estimate of drug-likeness (QED) is 0.893. The van der Waals surface area contributed by atoms with Crippen LogP contribution >= 0.6 is 12.4 Å². The Bertz CT molecular complexity index is 559. The molecule has 1 aromatic carbocycles. The van der Waals surface area contributed by atoms with E-state index < -0.39 is 32.4 Å². The summed E-state index contributed by atoms with van der Waals surface area (Å²) in [6.07, 6.45) is 0.420. The maximum absolute atomic E-state index is 13.4. The van der Waals surface area contributed by atoms with Gasteiger partial charge >= 0.3 is 0 Å². The second-order valence-electron chi connectivity index (χ2n) is 4.11. The van der Waals surface area contributed by atoms with Crippen LogP contribution in [-0.2, 0) is 10.0 Å². The molecule has 4 nitrogen and oxygen atoms in total. The van der Waals surface area contributed by atoms with Gasteiger partial charge in [0.1, 0.15) is 17.5 Å². The van der Waals surface area contributed by atoms with E-state index in [1.54, 1.807) is 0 Å². The average molecular weight is 317 g/mol. The molecule has 0 bridgehead atoms. The van der Waals surface area contributed by atoms with Gasteiger partial charge in [0.25, 0.3) is 0 Å². The van der Waals surface area contributed by atoms with E-state index in [4.69, 9.17) is 5.73 Å². The molecule has 1 atom stereocenters. The molecule has 0 spiro atoms. The molecule has 19 heavy (non-hydrogen) atoms. The van der Waals surface area contributed by atoms with Crippen molar-refractivity contribution in [3.05, 3.63) is 29.6 Å². The number of halogens is 4. The lowest BCUT2D eigenvalue weighted by molar-refractivity contribution is 0.447. The Hall–Kier alpha value is -0.830. The third-order valence-corrected chi connectivity index (χ3v) is 4.67. The normalized spacial score (nSPS) is 20.3. The van der Waals surface area contributed by atoms with Crippen LogP contribution in [0.4, 0.5) is 13.2 Å². The van der Waals surface area contributed by atoms with Crippen LogP contribution in [0.2, 0.25) is 0 Å². The lowest BCUT2D eigenvalue weighted by Gasteiger charge is -2.16. The van der Waals surface area contributed by atoms with E-state index in [1.807, 2.05) is 0 Å². The summed E-state index contributed by atoms with van der Waals surface area (Å²) >= 11 is 0. The van der Waals surface area contributed by atoms with Gasteiger partial charge in [0, 0.05) is 31.3 Å². The van der Waals surface area contributed by atoms with Crippen LogP contribution in [0, 0.1) is 17.5 Å². The molecule has 1 aliphatic heterocycles. The summed E-state index contributed by atoms with van der Waals surface area (Å²) in [6.45, 7) is 0.0956. The van der Waals surface area contributed by atoms with Crippen LogP contribution in [0.1, 0.15) is 6.42 Å². The largest absolute Gasteiger partial charge is 0.326 e. The number of hydrogen-bond acceptors (Lipinski definition) is 3. The van der Waals surface area contributed by atoms with Crippen LogP contribution in [0.5, 0.6) is 0 Å². The summed E-state index contributed by atoms with van der Waals surface area (Å²) in [5.74, 6) is -4.04. The number of benzene rings is 1. The maximum atomic E-state index is 13.4. The molecular formula is C10H12ClF3N2O2S. The minimum Gasteiger partial charge on any atom is -0.326 e. The van der Waals surface area contributed by atoms with Gasteiger partial charge in [-0.15, -0.1) is 12.4 Å². The molecule has 1 saturated heterocycles. The van der Waals surface area contributed by atoms with Crippen molar-refractivity contribution in [2.24, 2.45) is 5.73 Å². The standard InChI is InChI=1S/C10H11F3N2O2S.ClH/c11-6-3-8(12)10(9(13)4-6)18(16,17)15-2-1-7(14)5-15;/h3-4,7H,1-2,5,14H2;1H/t7-;/m0./s1. The van der Waals surface area contributed by atoms with E-state index >= 15 is 0 Å². The molecular weight excluding hydrogens is 305 g/mol. The van der Waals surface area contributed by atoms with Gasteiger partial charge in [-0.3, -0.25) is 0 Å². The molecule has 108 valence electrons. The van der Waals surface area contributed by atoms with Gasteiger partial charge in [-0.1, -0.05) is 0 Å². The van der Waals surface area contributed by atoms with Crippen LogP contribution < -0.4 is 5.73 Å². The molecule has 1 aliphatic rings. The van der Waals surface area contributed by atoms with Gasteiger partial charge in [0.15, 0.2) is 4.90 Å². The second-order valence-corrected chi connectivity index (χ2v) is 5.99. The molecule has 1 fully saturated rings. The Morgan fingerprint density at radius 1 is 1.21 bits per heavy atom. The monoisotopic (exact) mass is 316 g/mol. The fourth-order valence-corrected chi connectivity index (χ4v) is 3.48. The Morgan fingerprint density at radius 3 is 2.16 bits per heavy atom. The van der Waals surface area contributed by atoms with Crippen molar-refractivity contribution in [3.63, 3.8) is 0 Å². The van der Waals surface area contributed by atoms with Gasteiger partial charge in [-0.2, -0.15) is 4.31 Å². The summed E-state index contributed by atoms with van der Waals surface area (Å²) in [5, 5.41) is 0. The number of nitrogens with two attached hydrogens (primary N) is 1. The topological polar surface area (TPSA) is 63.4 Å². The minimum atomic E-state index is -4.31. The summed E-state index contributed by atoms with van der Waals surface area (Å²) < 4.78 is 64.5. The van der Waals surface area contributed by atoms with E-state index in [0.717, 1.165) is 4.31 Å². The van der Waals surface area contributed by atoms with Crippen LogP contribution in [-0.4, -0.2) is 31.9 Å². The number of rotatable bonds is 2. The highest BCUT2D eigenvalue weighted by molar-refractivity contribution is 7.89. The zero-order chi connectivity index (χ0) is 13.5. The lowest BCUT2D eigenvalue weighted by atomic mass is 10.3. The molecule has 0 unspecified atom stereocenters. The fraction of sp³-hybridized carbons (Fsp3) is 0.400. The molecule has 0 saturated carbocycles. The Labute approximate surface area is 114 Å². The fourth-order valence-electron chi connectivity index (χ4n) is 1.88.